The van der Waals surface area contributed by atoms with Crippen molar-refractivity contribution in [2.24, 2.45) is 5.73 Å². The van der Waals surface area contributed by atoms with Gasteiger partial charge in [0.2, 0.25) is 5.91 Å². The Morgan fingerprint density at radius 3 is 2.81 bits per heavy atom. The summed E-state index contributed by atoms with van der Waals surface area (Å²) in [4.78, 5) is 33.8. The Kier molecular flexibility index (Phi) is 6.04. The number of thiophene rings is 1. The van der Waals surface area contributed by atoms with E-state index >= 15 is 0 Å². The van der Waals surface area contributed by atoms with Crippen molar-refractivity contribution in [2.75, 3.05) is 20.6 Å². The fourth-order valence-electron chi connectivity index (χ4n) is 3.27. The lowest BCUT2D eigenvalue weighted by Crippen LogP contribution is -2.28. The van der Waals surface area contributed by atoms with Crippen LogP contribution in [-0.2, 0) is 24.2 Å². The minimum Gasteiger partial charge on any atom is -0.369 e. The van der Waals surface area contributed by atoms with Gasteiger partial charge in [0, 0.05) is 11.4 Å². The molecule has 0 spiro atoms. The molecule has 0 aliphatic heterocycles. The molecule has 0 fully saturated rings. The summed E-state index contributed by atoms with van der Waals surface area (Å²) in [5.74, 6) is -0.394. The lowest BCUT2D eigenvalue weighted by molar-refractivity contribution is -0.117. The number of hydrogen-bond acceptors (Lipinski definition) is 6. The first-order valence-electron chi connectivity index (χ1n) is 9.04. The first-order valence-corrected chi connectivity index (χ1v) is 10.7. The predicted octanol–water partition coefficient (Wildman–Crippen LogP) is 2.25. The minimum absolute atomic E-state index is 0.0346. The number of amides is 1. The summed E-state index contributed by atoms with van der Waals surface area (Å²) in [5.41, 5.74) is 6.66. The van der Waals surface area contributed by atoms with E-state index in [9.17, 15) is 9.59 Å². The quantitative estimate of drug-likeness (QED) is 0.575. The van der Waals surface area contributed by atoms with E-state index in [2.05, 4.69) is 4.90 Å². The number of rotatable bonds is 7. The molecule has 1 aliphatic rings. The third-order valence-corrected chi connectivity index (χ3v) is 7.00. The maximum absolute atomic E-state index is 13.3. The van der Waals surface area contributed by atoms with Gasteiger partial charge in [-0.2, -0.15) is 0 Å². The van der Waals surface area contributed by atoms with Crippen molar-refractivity contribution in [3.8, 4) is 0 Å². The van der Waals surface area contributed by atoms with Gasteiger partial charge >= 0.3 is 0 Å². The second-order valence-electron chi connectivity index (χ2n) is 7.06. The van der Waals surface area contributed by atoms with Gasteiger partial charge in [0.25, 0.3) is 5.56 Å². The Labute approximate surface area is 161 Å². The number of hydrogen-bond donors (Lipinski definition) is 1. The SMILES string of the molecule is CC(Sc1nc2sc3c(c2c(=O)n1CCCN(C)C)CCCC3)C(N)=O. The summed E-state index contributed by atoms with van der Waals surface area (Å²) in [6.07, 6.45) is 5.17. The van der Waals surface area contributed by atoms with Crippen molar-refractivity contribution < 1.29 is 4.79 Å². The highest BCUT2D eigenvalue weighted by Gasteiger charge is 2.23. The van der Waals surface area contributed by atoms with E-state index in [0.29, 0.717) is 11.7 Å². The Hall–Kier alpha value is -1.38. The Bertz CT molecular complexity index is 872. The van der Waals surface area contributed by atoms with Crippen LogP contribution in [0.1, 0.15) is 36.6 Å². The molecule has 26 heavy (non-hydrogen) atoms. The van der Waals surface area contributed by atoms with Gasteiger partial charge in [-0.15, -0.1) is 11.3 Å². The van der Waals surface area contributed by atoms with Crippen LogP contribution in [0.5, 0.6) is 0 Å². The van der Waals surface area contributed by atoms with Crippen molar-refractivity contribution in [1.82, 2.24) is 14.5 Å². The van der Waals surface area contributed by atoms with E-state index in [1.165, 1.54) is 28.6 Å². The van der Waals surface area contributed by atoms with Crippen molar-refractivity contribution in [1.29, 1.82) is 0 Å². The van der Waals surface area contributed by atoms with Gasteiger partial charge in [0.1, 0.15) is 4.83 Å². The number of nitrogens with zero attached hydrogens (tertiary/aromatic N) is 3. The molecule has 3 rings (SSSR count). The van der Waals surface area contributed by atoms with Gasteiger partial charge in [0.15, 0.2) is 5.16 Å². The first-order chi connectivity index (χ1) is 12.4. The molecule has 1 unspecified atom stereocenters. The third kappa shape index (κ3) is 3.97. The summed E-state index contributed by atoms with van der Waals surface area (Å²) in [6.45, 7) is 3.24. The first kappa shape index (κ1) is 19.4. The topological polar surface area (TPSA) is 81.2 Å². The third-order valence-electron chi connectivity index (χ3n) is 4.71. The molecule has 0 aromatic carbocycles. The van der Waals surface area contributed by atoms with Crippen LogP contribution < -0.4 is 11.3 Å². The molecule has 2 N–H and O–H groups in total. The largest absolute Gasteiger partial charge is 0.369 e. The normalized spacial score (nSPS) is 15.4. The Balaban J connectivity index is 2.07. The van der Waals surface area contributed by atoms with E-state index in [1.807, 2.05) is 14.1 Å². The van der Waals surface area contributed by atoms with Gasteiger partial charge in [-0.25, -0.2) is 4.98 Å². The molecule has 0 radical (unpaired) electrons. The predicted molar refractivity (Wildman–Crippen MR) is 108 cm³/mol. The van der Waals surface area contributed by atoms with Crippen molar-refractivity contribution in [2.45, 2.75) is 56.0 Å². The average molecular weight is 395 g/mol. The summed E-state index contributed by atoms with van der Waals surface area (Å²) in [5, 5.41) is 0.978. The van der Waals surface area contributed by atoms with Crippen molar-refractivity contribution in [3.63, 3.8) is 0 Å². The molecule has 0 saturated carbocycles. The molecule has 2 aromatic rings. The highest BCUT2D eigenvalue weighted by atomic mass is 32.2. The Morgan fingerprint density at radius 1 is 1.38 bits per heavy atom. The number of primary amides is 1. The smallest absolute Gasteiger partial charge is 0.263 e. The summed E-state index contributed by atoms with van der Waals surface area (Å²) in [6, 6.07) is 0. The van der Waals surface area contributed by atoms with Crippen LogP contribution in [0.2, 0.25) is 0 Å². The van der Waals surface area contributed by atoms with Gasteiger partial charge in [-0.05, 0) is 65.2 Å². The van der Waals surface area contributed by atoms with Crippen LogP contribution in [0.4, 0.5) is 0 Å². The number of aromatic nitrogens is 2. The monoisotopic (exact) mass is 394 g/mol. The fourth-order valence-corrected chi connectivity index (χ4v) is 5.46. The standard InChI is InChI=1S/C18H26N4O2S2/c1-11(15(19)23)25-18-20-16-14(12-7-4-5-8-13(12)26-16)17(24)22(18)10-6-9-21(2)3/h11H,4-10H2,1-3H3,(H2,19,23). The van der Waals surface area contributed by atoms with E-state index in [-0.39, 0.29) is 5.56 Å². The molecule has 6 nitrogen and oxygen atoms in total. The van der Waals surface area contributed by atoms with Crippen molar-refractivity contribution in [3.05, 3.63) is 20.8 Å². The number of nitrogens with two attached hydrogens (primary N) is 1. The molecule has 1 atom stereocenters. The second-order valence-corrected chi connectivity index (χ2v) is 9.45. The number of fused-ring (bicyclic) bond motifs is 3. The molecular formula is C18H26N4O2S2. The fraction of sp³-hybridized carbons (Fsp3) is 0.611. The maximum atomic E-state index is 13.3. The van der Waals surface area contributed by atoms with Crippen LogP contribution in [0, 0.1) is 0 Å². The molecule has 2 heterocycles. The summed E-state index contributed by atoms with van der Waals surface area (Å²) in [7, 11) is 4.04. The second kappa shape index (κ2) is 8.10. The summed E-state index contributed by atoms with van der Waals surface area (Å²) >= 11 is 2.92. The van der Waals surface area contributed by atoms with Crippen molar-refractivity contribution >= 4 is 39.2 Å². The Morgan fingerprint density at radius 2 is 2.12 bits per heavy atom. The van der Waals surface area contributed by atoms with E-state index in [1.54, 1.807) is 22.8 Å². The zero-order valence-corrected chi connectivity index (χ0v) is 17.2. The van der Waals surface area contributed by atoms with Gasteiger partial charge in [0.05, 0.1) is 10.6 Å². The molecule has 8 heteroatoms. The highest BCUT2D eigenvalue weighted by molar-refractivity contribution is 8.00. The van der Waals surface area contributed by atoms with Gasteiger partial charge in [-0.3, -0.25) is 14.2 Å². The van der Waals surface area contributed by atoms with Crippen LogP contribution in [0.3, 0.4) is 0 Å². The number of aryl methyl sites for hydroxylation is 2. The molecule has 1 aliphatic carbocycles. The highest BCUT2D eigenvalue weighted by Crippen LogP contribution is 2.35. The number of thioether (sulfide) groups is 1. The van der Waals surface area contributed by atoms with Crippen LogP contribution in [-0.4, -0.2) is 46.2 Å². The molecule has 1 amide bonds. The van der Waals surface area contributed by atoms with E-state index < -0.39 is 11.2 Å². The number of carbonyl (C=O) groups is 1. The van der Waals surface area contributed by atoms with E-state index in [0.717, 1.165) is 42.4 Å². The molecular weight excluding hydrogens is 368 g/mol. The minimum atomic E-state index is -0.422. The molecule has 142 valence electrons. The van der Waals surface area contributed by atoms with Gasteiger partial charge in [-0.1, -0.05) is 11.8 Å². The zero-order chi connectivity index (χ0) is 18.8. The molecule has 2 aromatic heterocycles. The lowest BCUT2D eigenvalue weighted by Gasteiger charge is -2.16. The lowest BCUT2D eigenvalue weighted by atomic mass is 9.97. The maximum Gasteiger partial charge on any atom is 0.263 e. The average Bonchev–Trinajstić information content (AvgIpc) is 2.95. The van der Waals surface area contributed by atoms with Gasteiger partial charge < -0.3 is 10.6 Å². The number of carbonyl (C=O) groups excluding carboxylic acids is 1. The summed E-state index contributed by atoms with van der Waals surface area (Å²) < 4.78 is 1.75. The van der Waals surface area contributed by atoms with Crippen LogP contribution in [0.25, 0.3) is 10.2 Å². The molecule has 0 bridgehead atoms. The zero-order valence-electron chi connectivity index (χ0n) is 15.6. The van der Waals surface area contributed by atoms with Crippen LogP contribution in [0.15, 0.2) is 9.95 Å². The van der Waals surface area contributed by atoms with E-state index in [4.69, 9.17) is 10.7 Å². The molecule has 0 saturated heterocycles. The van der Waals surface area contributed by atoms with Crippen LogP contribution >= 0.6 is 23.1 Å².